The highest BCUT2D eigenvalue weighted by atomic mass is 19.1. The predicted molar refractivity (Wildman–Crippen MR) is 77.6 cm³/mol. The molecular weight excluding hydrogens is 239 g/mol. The van der Waals surface area contributed by atoms with Crippen molar-refractivity contribution in [3.8, 4) is 0 Å². The summed E-state index contributed by atoms with van der Waals surface area (Å²) in [6.07, 6.45) is 0. The van der Waals surface area contributed by atoms with Crippen LogP contribution < -0.4 is 10.6 Å². The molecule has 2 N–H and O–H groups in total. The molecule has 0 fully saturated rings. The van der Waals surface area contributed by atoms with Crippen LogP contribution in [-0.2, 0) is 6.54 Å². The average molecular weight is 258 g/mol. The number of anilines is 1. The van der Waals surface area contributed by atoms with Gasteiger partial charge in [0.05, 0.1) is 0 Å². The molecule has 0 unspecified atom stereocenters. The fourth-order valence-corrected chi connectivity index (χ4v) is 2.17. The van der Waals surface area contributed by atoms with Gasteiger partial charge >= 0.3 is 0 Å². The SMILES string of the molecule is C[C@H](N)c1ccccc1N(C)Cc1ccc(F)cc1. The first-order valence-electron chi connectivity index (χ1n) is 6.38. The minimum absolute atomic E-state index is 0.00753. The van der Waals surface area contributed by atoms with E-state index in [-0.39, 0.29) is 11.9 Å². The lowest BCUT2D eigenvalue weighted by molar-refractivity contribution is 0.627. The molecule has 0 saturated carbocycles. The van der Waals surface area contributed by atoms with Crippen molar-refractivity contribution < 1.29 is 4.39 Å². The summed E-state index contributed by atoms with van der Waals surface area (Å²) in [6, 6.07) is 14.7. The first-order valence-corrected chi connectivity index (χ1v) is 6.38. The van der Waals surface area contributed by atoms with Crippen molar-refractivity contribution >= 4 is 5.69 Å². The van der Waals surface area contributed by atoms with Crippen LogP contribution in [0.15, 0.2) is 48.5 Å². The molecule has 2 aromatic carbocycles. The minimum atomic E-state index is -0.206. The molecule has 3 heteroatoms. The van der Waals surface area contributed by atoms with Crippen LogP contribution in [0.3, 0.4) is 0 Å². The minimum Gasteiger partial charge on any atom is -0.370 e. The molecule has 0 aliphatic heterocycles. The quantitative estimate of drug-likeness (QED) is 0.909. The van der Waals surface area contributed by atoms with E-state index in [0.717, 1.165) is 23.4 Å². The number of benzene rings is 2. The molecule has 2 aromatic rings. The second-order valence-electron chi connectivity index (χ2n) is 4.83. The largest absolute Gasteiger partial charge is 0.370 e. The number of hydrogen-bond donors (Lipinski definition) is 1. The number of nitrogens with two attached hydrogens (primary N) is 1. The Hall–Kier alpha value is -1.87. The summed E-state index contributed by atoms with van der Waals surface area (Å²) in [7, 11) is 2.02. The van der Waals surface area contributed by atoms with Crippen molar-refractivity contribution in [2.24, 2.45) is 5.73 Å². The van der Waals surface area contributed by atoms with Crippen LogP contribution in [0.5, 0.6) is 0 Å². The fourth-order valence-electron chi connectivity index (χ4n) is 2.17. The third kappa shape index (κ3) is 3.32. The standard InChI is InChI=1S/C16H19FN2/c1-12(18)15-5-3-4-6-16(15)19(2)11-13-7-9-14(17)10-8-13/h3-10,12H,11,18H2,1-2H3/t12-/m0/s1. The van der Waals surface area contributed by atoms with E-state index in [4.69, 9.17) is 5.73 Å². The Kier molecular flexibility index (Phi) is 4.17. The molecule has 2 nitrogen and oxygen atoms in total. The van der Waals surface area contributed by atoms with Crippen molar-refractivity contribution in [3.63, 3.8) is 0 Å². The van der Waals surface area contributed by atoms with Crippen molar-refractivity contribution in [1.82, 2.24) is 0 Å². The first-order chi connectivity index (χ1) is 9.08. The second kappa shape index (κ2) is 5.85. The Morgan fingerprint density at radius 1 is 1.11 bits per heavy atom. The van der Waals surface area contributed by atoms with E-state index in [1.807, 2.05) is 32.2 Å². The summed E-state index contributed by atoms with van der Waals surface area (Å²) >= 11 is 0. The molecule has 0 bridgehead atoms. The molecule has 0 heterocycles. The lowest BCUT2D eigenvalue weighted by Gasteiger charge is -2.24. The molecule has 0 amide bonds. The lowest BCUT2D eigenvalue weighted by Crippen LogP contribution is -2.20. The average Bonchev–Trinajstić information content (AvgIpc) is 2.41. The lowest BCUT2D eigenvalue weighted by atomic mass is 10.1. The van der Waals surface area contributed by atoms with Gasteiger partial charge in [-0.25, -0.2) is 4.39 Å². The molecule has 100 valence electrons. The van der Waals surface area contributed by atoms with E-state index in [9.17, 15) is 4.39 Å². The zero-order valence-corrected chi connectivity index (χ0v) is 11.3. The molecule has 19 heavy (non-hydrogen) atoms. The molecule has 0 spiro atoms. The molecule has 0 aliphatic rings. The van der Waals surface area contributed by atoms with Gasteiger partial charge in [-0.1, -0.05) is 30.3 Å². The fraction of sp³-hybridized carbons (Fsp3) is 0.250. The van der Waals surface area contributed by atoms with Gasteiger partial charge in [0, 0.05) is 25.3 Å². The van der Waals surface area contributed by atoms with Crippen molar-refractivity contribution in [2.45, 2.75) is 19.5 Å². The molecule has 0 radical (unpaired) electrons. The van der Waals surface area contributed by atoms with Gasteiger partial charge < -0.3 is 10.6 Å². The number of hydrogen-bond acceptors (Lipinski definition) is 2. The monoisotopic (exact) mass is 258 g/mol. The van der Waals surface area contributed by atoms with Crippen LogP contribution >= 0.6 is 0 Å². The Balaban J connectivity index is 2.20. The zero-order chi connectivity index (χ0) is 13.8. The van der Waals surface area contributed by atoms with Gasteiger partial charge in [-0.2, -0.15) is 0 Å². The summed E-state index contributed by atoms with van der Waals surface area (Å²) in [5.74, 6) is -0.206. The third-order valence-electron chi connectivity index (χ3n) is 3.17. The maximum Gasteiger partial charge on any atom is 0.123 e. The van der Waals surface area contributed by atoms with Crippen LogP contribution in [0, 0.1) is 5.82 Å². The molecule has 0 saturated heterocycles. The Bertz CT molecular complexity index is 535. The highest BCUT2D eigenvalue weighted by Crippen LogP contribution is 2.25. The van der Waals surface area contributed by atoms with E-state index in [1.54, 1.807) is 12.1 Å². The maximum atomic E-state index is 12.9. The van der Waals surface area contributed by atoms with Crippen LogP contribution in [0.25, 0.3) is 0 Å². The van der Waals surface area contributed by atoms with Gasteiger partial charge in [-0.05, 0) is 36.2 Å². The molecule has 2 rings (SSSR count). The summed E-state index contributed by atoms with van der Waals surface area (Å²) in [4.78, 5) is 2.13. The maximum absolute atomic E-state index is 12.9. The topological polar surface area (TPSA) is 29.3 Å². The number of para-hydroxylation sites is 1. The van der Waals surface area contributed by atoms with Crippen LogP contribution in [0.1, 0.15) is 24.1 Å². The normalized spacial score (nSPS) is 12.2. The van der Waals surface area contributed by atoms with Gasteiger partial charge in [-0.3, -0.25) is 0 Å². The van der Waals surface area contributed by atoms with Crippen molar-refractivity contribution in [2.75, 3.05) is 11.9 Å². The second-order valence-corrected chi connectivity index (χ2v) is 4.83. The van der Waals surface area contributed by atoms with Crippen LogP contribution in [0.2, 0.25) is 0 Å². The molecule has 0 aromatic heterocycles. The Morgan fingerprint density at radius 2 is 1.74 bits per heavy atom. The van der Waals surface area contributed by atoms with E-state index in [0.29, 0.717) is 0 Å². The Morgan fingerprint density at radius 3 is 2.37 bits per heavy atom. The molecular formula is C16H19FN2. The summed E-state index contributed by atoms with van der Waals surface area (Å²) in [5, 5.41) is 0. The summed E-state index contributed by atoms with van der Waals surface area (Å²) in [6.45, 7) is 2.70. The van der Waals surface area contributed by atoms with Gasteiger partial charge in [0.1, 0.15) is 5.82 Å². The highest BCUT2D eigenvalue weighted by Gasteiger charge is 2.10. The number of halogens is 1. The van der Waals surface area contributed by atoms with Crippen molar-refractivity contribution in [3.05, 3.63) is 65.5 Å². The zero-order valence-electron chi connectivity index (χ0n) is 11.3. The Labute approximate surface area is 113 Å². The van der Waals surface area contributed by atoms with Crippen LogP contribution in [0.4, 0.5) is 10.1 Å². The summed E-state index contributed by atoms with van der Waals surface area (Å²) < 4.78 is 12.9. The van der Waals surface area contributed by atoms with Gasteiger partial charge in [0.25, 0.3) is 0 Å². The van der Waals surface area contributed by atoms with E-state index >= 15 is 0 Å². The van der Waals surface area contributed by atoms with Crippen LogP contribution in [-0.4, -0.2) is 7.05 Å². The van der Waals surface area contributed by atoms with E-state index in [2.05, 4.69) is 11.0 Å². The van der Waals surface area contributed by atoms with Gasteiger partial charge in [0.2, 0.25) is 0 Å². The van der Waals surface area contributed by atoms with E-state index < -0.39 is 0 Å². The van der Waals surface area contributed by atoms with Crippen molar-refractivity contribution in [1.29, 1.82) is 0 Å². The number of rotatable bonds is 4. The predicted octanol–water partition coefficient (Wildman–Crippen LogP) is 3.48. The molecule has 0 aliphatic carbocycles. The smallest absolute Gasteiger partial charge is 0.123 e. The third-order valence-corrected chi connectivity index (χ3v) is 3.17. The molecule has 1 atom stereocenters. The van der Waals surface area contributed by atoms with Gasteiger partial charge in [-0.15, -0.1) is 0 Å². The first kappa shape index (κ1) is 13.6. The van der Waals surface area contributed by atoms with Gasteiger partial charge in [0.15, 0.2) is 0 Å². The number of nitrogens with zero attached hydrogens (tertiary/aromatic N) is 1. The highest BCUT2D eigenvalue weighted by molar-refractivity contribution is 5.54. The summed E-state index contributed by atoms with van der Waals surface area (Å²) in [5.41, 5.74) is 9.29. The van der Waals surface area contributed by atoms with E-state index in [1.165, 1.54) is 12.1 Å².